The molecule has 0 aliphatic rings. The third-order valence-corrected chi connectivity index (χ3v) is 2.50. The molecule has 1 aromatic rings. The summed E-state index contributed by atoms with van der Waals surface area (Å²) in [5.74, 6) is 0.0142. The van der Waals surface area contributed by atoms with E-state index >= 15 is 0 Å². The highest BCUT2D eigenvalue weighted by atomic mass is 16.2. The maximum Gasteiger partial charge on any atom is 0.234 e. The van der Waals surface area contributed by atoms with E-state index in [2.05, 4.69) is 28.7 Å². The fourth-order valence-electron chi connectivity index (χ4n) is 1.68. The molecule has 0 aliphatic heterocycles. The van der Waals surface area contributed by atoms with Crippen LogP contribution in [0.15, 0.2) is 6.07 Å². The molecule has 0 aliphatic carbocycles. The van der Waals surface area contributed by atoms with Crippen LogP contribution in [0.5, 0.6) is 0 Å². The SMILES string of the molecule is CCc1cc(CNCC(=O)NC(C)(C)C)n(C)n1. The minimum atomic E-state index is -0.180. The van der Waals surface area contributed by atoms with E-state index in [9.17, 15) is 4.79 Å². The van der Waals surface area contributed by atoms with Crippen molar-refractivity contribution in [2.45, 2.75) is 46.2 Å². The molecule has 0 aromatic carbocycles. The van der Waals surface area contributed by atoms with Crippen molar-refractivity contribution in [2.24, 2.45) is 7.05 Å². The average Bonchev–Trinajstić information content (AvgIpc) is 2.57. The van der Waals surface area contributed by atoms with E-state index in [0.29, 0.717) is 13.1 Å². The van der Waals surface area contributed by atoms with Gasteiger partial charge in [-0.1, -0.05) is 6.92 Å². The Bertz CT molecular complexity index is 404. The minimum absolute atomic E-state index is 0.0142. The monoisotopic (exact) mass is 252 g/mol. The second-order valence-corrected chi connectivity index (χ2v) is 5.51. The quantitative estimate of drug-likeness (QED) is 0.821. The first-order valence-electron chi connectivity index (χ1n) is 6.35. The van der Waals surface area contributed by atoms with Crippen molar-refractivity contribution in [3.63, 3.8) is 0 Å². The number of hydrogen-bond donors (Lipinski definition) is 2. The van der Waals surface area contributed by atoms with Gasteiger partial charge in [-0.2, -0.15) is 5.10 Å². The van der Waals surface area contributed by atoms with E-state index in [4.69, 9.17) is 0 Å². The van der Waals surface area contributed by atoms with Crippen LogP contribution in [0.2, 0.25) is 0 Å². The lowest BCUT2D eigenvalue weighted by Crippen LogP contribution is -2.44. The topological polar surface area (TPSA) is 59.0 Å². The number of amides is 1. The molecule has 0 atom stereocenters. The van der Waals surface area contributed by atoms with Crippen molar-refractivity contribution < 1.29 is 4.79 Å². The molecule has 1 aromatic heterocycles. The van der Waals surface area contributed by atoms with E-state index in [0.717, 1.165) is 17.8 Å². The van der Waals surface area contributed by atoms with Gasteiger partial charge in [0, 0.05) is 19.1 Å². The predicted molar refractivity (Wildman–Crippen MR) is 72.2 cm³/mol. The fraction of sp³-hybridized carbons (Fsp3) is 0.692. The van der Waals surface area contributed by atoms with Crippen LogP contribution < -0.4 is 10.6 Å². The summed E-state index contributed by atoms with van der Waals surface area (Å²) in [7, 11) is 1.92. The normalized spacial score (nSPS) is 11.6. The van der Waals surface area contributed by atoms with Crippen LogP contribution in [-0.2, 0) is 24.8 Å². The zero-order chi connectivity index (χ0) is 13.8. The first-order valence-corrected chi connectivity index (χ1v) is 6.35. The zero-order valence-corrected chi connectivity index (χ0v) is 12.0. The Morgan fingerprint density at radius 3 is 2.61 bits per heavy atom. The first-order chi connectivity index (χ1) is 8.31. The van der Waals surface area contributed by atoms with Gasteiger partial charge < -0.3 is 10.6 Å². The standard InChI is InChI=1S/C13H24N4O/c1-6-10-7-11(17(5)16-10)8-14-9-12(18)15-13(2,3)4/h7,14H,6,8-9H2,1-5H3,(H,15,18). The summed E-state index contributed by atoms with van der Waals surface area (Å²) in [6.45, 7) is 8.97. The highest BCUT2D eigenvalue weighted by Gasteiger charge is 2.13. The van der Waals surface area contributed by atoms with Gasteiger partial charge in [0.15, 0.2) is 0 Å². The second-order valence-electron chi connectivity index (χ2n) is 5.51. The molecule has 0 radical (unpaired) electrons. The molecule has 1 heterocycles. The molecule has 0 fully saturated rings. The number of carbonyl (C=O) groups is 1. The van der Waals surface area contributed by atoms with Gasteiger partial charge in [-0.05, 0) is 33.3 Å². The molecule has 102 valence electrons. The van der Waals surface area contributed by atoms with Gasteiger partial charge in [-0.3, -0.25) is 9.48 Å². The number of aromatic nitrogens is 2. The summed E-state index contributed by atoms with van der Waals surface area (Å²) >= 11 is 0. The summed E-state index contributed by atoms with van der Waals surface area (Å²) in [4.78, 5) is 11.6. The van der Waals surface area contributed by atoms with Crippen LogP contribution >= 0.6 is 0 Å². The number of nitrogens with one attached hydrogen (secondary N) is 2. The summed E-state index contributed by atoms with van der Waals surface area (Å²) < 4.78 is 1.85. The Morgan fingerprint density at radius 1 is 1.44 bits per heavy atom. The van der Waals surface area contributed by atoms with Crippen LogP contribution in [0.4, 0.5) is 0 Å². The van der Waals surface area contributed by atoms with Crippen LogP contribution in [0.3, 0.4) is 0 Å². The number of aryl methyl sites for hydroxylation is 2. The maximum absolute atomic E-state index is 11.6. The van der Waals surface area contributed by atoms with Crippen molar-refractivity contribution in [3.8, 4) is 0 Å². The highest BCUT2D eigenvalue weighted by Crippen LogP contribution is 2.03. The van der Waals surface area contributed by atoms with E-state index in [1.165, 1.54) is 0 Å². The van der Waals surface area contributed by atoms with Gasteiger partial charge in [0.05, 0.1) is 17.9 Å². The molecule has 0 spiro atoms. The van der Waals surface area contributed by atoms with Gasteiger partial charge in [0.1, 0.15) is 0 Å². The average molecular weight is 252 g/mol. The molecular formula is C13H24N4O. The summed E-state index contributed by atoms with van der Waals surface area (Å²) in [5.41, 5.74) is 1.99. The Morgan fingerprint density at radius 2 is 2.11 bits per heavy atom. The third-order valence-electron chi connectivity index (χ3n) is 2.50. The van der Waals surface area contributed by atoms with Gasteiger partial charge in [0.2, 0.25) is 5.91 Å². The Hall–Kier alpha value is -1.36. The molecule has 1 amide bonds. The molecular weight excluding hydrogens is 228 g/mol. The summed E-state index contributed by atoms with van der Waals surface area (Å²) in [5, 5.41) is 10.4. The molecule has 0 unspecified atom stereocenters. The lowest BCUT2D eigenvalue weighted by atomic mass is 10.1. The van der Waals surface area contributed by atoms with Gasteiger partial charge in [-0.25, -0.2) is 0 Å². The molecule has 0 bridgehead atoms. The second kappa shape index (κ2) is 6.00. The summed E-state index contributed by atoms with van der Waals surface area (Å²) in [6.07, 6.45) is 0.929. The number of nitrogens with zero attached hydrogens (tertiary/aromatic N) is 2. The Balaban J connectivity index is 2.37. The van der Waals surface area contributed by atoms with E-state index < -0.39 is 0 Å². The molecule has 1 rings (SSSR count). The van der Waals surface area contributed by atoms with Crippen LogP contribution in [-0.4, -0.2) is 27.8 Å². The van der Waals surface area contributed by atoms with Crippen molar-refractivity contribution in [1.82, 2.24) is 20.4 Å². The lowest BCUT2D eigenvalue weighted by molar-refractivity contribution is -0.121. The largest absolute Gasteiger partial charge is 0.350 e. The molecule has 5 nitrogen and oxygen atoms in total. The number of carbonyl (C=O) groups excluding carboxylic acids is 1. The zero-order valence-electron chi connectivity index (χ0n) is 12.0. The van der Waals surface area contributed by atoms with Crippen molar-refractivity contribution in [3.05, 3.63) is 17.5 Å². The van der Waals surface area contributed by atoms with E-state index in [1.54, 1.807) is 0 Å². The van der Waals surface area contributed by atoms with Crippen molar-refractivity contribution >= 4 is 5.91 Å². The van der Waals surface area contributed by atoms with Crippen LogP contribution in [0.25, 0.3) is 0 Å². The minimum Gasteiger partial charge on any atom is -0.350 e. The van der Waals surface area contributed by atoms with E-state index in [1.807, 2.05) is 32.5 Å². The number of hydrogen-bond acceptors (Lipinski definition) is 3. The highest BCUT2D eigenvalue weighted by molar-refractivity contribution is 5.78. The lowest BCUT2D eigenvalue weighted by Gasteiger charge is -2.20. The van der Waals surface area contributed by atoms with Crippen LogP contribution in [0, 0.1) is 0 Å². The Kier molecular flexibility index (Phi) is 4.90. The molecule has 0 saturated heterocycles. The third kappa shape index (κ3) is 4.87. The summed E-state index contributed by atoms with van der Waals surface area (Å²) in [6, 6.07) is 2.06. The first kappa shape index (κ1) is 14.7. The van der Waals surface area contributed by atoms with Gasteiger partial charge >= 0.3 is 0 Å². The smallest absolute Gasteiger partial charge is 0.234 e. The molecule has 0 saturated carbocycles. The van der Waals surface area contributed by atoms with Crippen LogP contribution in [0.1, 0.15) is 39.1 Å². The molecule has 2 N–H and O–H groups in total. The van der Waals surface area contributed by atoms with Crippen molar-refractivity contribution in [1.29, 1.82) is 0 Å². The molecule has 5 heteroatoms. The Labute approximate surface area is 109 Å². The fourth-order valence-corrected chi connectivity index (χ4v) is 1.68. The molecule has 18 heavy (non-hydrogen) atoms. The predicted octanol–water partition coefficient (Wildman–Crippen LogP) is 0.987. The van der Waals surface area contributed by atoms with Gasteiger partial charge in [0.25, 0.3) is 0 Å². The van der Waals surface area contributed by atoms with E-state index in [-0.39, 0.29) is 11.4 Å². The number of rotatable bonds is 5. The van der Waals surface area contributed by atoms with Crippen molar-refractivity contribution in [2.75, 3.05) is 6.54 Å². The van der Waals surface area contributed by atoms with Gasteiger partial charge in [-0.15, -0.1) is 0 Å². The maximum atomic E-state index is 11.6.